The highest BCUT2D eigenvalue weighted by atomic mass is 16.5. The van der Waals surface area contributed by atoms with Crippen LogP contribution in [0.3, 0.4) is 0 Å². The van der Waals surface area contributed by atoms with Gasteiger partial charge < -0.3 is 19.9 Å². The smallest absolute Gasteiger partial charge is 0.233 e. The van der Waals surface area contributed by atoms with Crippen LogP contribution in [0.5, 0.6) is 5.88 Å². The summed E-state index contributed by atoms with van der Waals surface area (Å²) in [5, 5.41) is 34.6. The van der Waals surface area contributed by atoms with E-state index in [1.54, 1.807) is 36.3 Å². The molecule has 5 rings (SSSR count). The van der Waals surface area contributed by atoms with E-state index in [1.165, 1.54) is 0 Å². The van der Waals surface area contributed by atoms with E-state index in [0.29, 0.717) is 48.7 Å². The third-order valence-electron chi connectivity index (χ3n) is 5.77. The van der Waals surface area contributed by atoms with Gasteiger partial charge in [-0.25, -0.2) is 14.6 Å². The third kappa shape index (κ3) is 5.15. The molecule has 0 aliphatic heterocycles. The molecule has 0 saturated heterocycles. The Morgan fingerprint density at radius 2 is 1.97 bits per heavy atom. The fourth-order valence-electron chi connectivity index (χ4n) is 3.96. The van der Waals surface area contributed by atoms with Crippen molar-refractivity contribution in [2.45, 2.75) is 13.3 Å². The second kappa shape index (κ2) is 11.0. The number of nitriles is 1. The lowest BCUT2D eigenvalue weighted by molar-refractivity contribution is 0.143. The van der Waals surface area contributed by atoms with Crippen LogP contribution in [-0.2, 0) is 11.2 Å². The largest absolute Gasteiger partial charge is 0.474 e. The zero-order valence-electron chi connectivity index (χ0n) is 20.9. The summed E-state index contributed by atoms with van der Waals surface area (Å²) in [7, 11) is 1.61. The monoisotopic (exact) mass is 511 g/mol. The third-order valence-corrected chi connectivity index (χ3v) is 5.77. The van der Waals surface area contributed by atoms with Crippen molar-refractivity contribution in [2.75, 3.05) is 32.2 Å². The predicted molar refractivity (Wildman–Crippen MR) is 139 cm³/mol. The van der Waals surface area contributed by atoms with E-state index in [4.69, 9.17) is 14.5 Å². The highest BCUT2D eigenvalue weighted by Crippen LogP contribution is 2.25. The molecule has 4 aromatic heterocycles. The van der Waals surface area contributed by atoms with E-state index in [9.17, 15) is 10.4 Å². The van der Waals surface area contributed by atoms with Gasteiger partial charge in [-0.05, 0) is 55.3 Å². The number of aryl methyl sites for hydroxylation is 1. The summed E-state index contributed by atoms with van der Waals surface area (Å²) in [6, 6.07) is 16.8. The van der Waals surface area contributed by atoms with Crippen LogP contribution >= 0.6 is 0 Å². The van der Waals surface area contributed by atoms with Crippen LogP contribution in [0.1, 0.15) is 17.0 Å². The zero-order chi connectivity index (χ0) is 26.5. The van der Waals surface area contributed by atoms with Crippen molar-refractivity contribution in [3.63, 3.8) is 0 Å². The fraction of sp³-hybridized carbons (Fsp3) is 0.231. The summed E-state index contributed by atoms with van der Waals surface area (Å²) in [5.41, 5.74) is 4.30. The van der Waals surface area contributed by atoms with E-state index in [2.05, 4.69) is 31.7 Å². The average Bonchev–Trinajstić information content (AvgIpc) is 3.53. The zero-order valence-corrected chi connectivity index (χ0v) is 20.9. The molecule has 12 heteroatoms. The van der Waals surface area contributed by atoms with Crippen LogP contribution in [0.4, 0.5) is 11.5 Å². The number of hydrogen-bond acceptors (Lipinski definition) is 10. The molecule has 0 atom stereocenters. The number of hydrogen-bond donors (Lipinski definition) is 2. The minimum Gasteiger partial charge on any atom is -0.474 e. The number of aliphatic hydroxyl groups excluding tert-OH is 1. The maximum atomic E-state index is 9.55. The Morgan fingerprint density at radius 1 is 1.08 bits per heavy atom. The number of anilines is 2. The number of nitrogens with one attached hydrogen (secondary N) is 1. The van der Waals surface area contributed by atoms with Gasteiger partial charge in [-0.2, -0.15) is 10.4 Å². The molecule has 0 aliphatic rings. The molecule has 192 valence electrons. The standard InChI is InChI=1S/C26H25N9O3/c1-17-13-20(15-27)33-35(17)26-18(9-10-36)3-7-24(30-26)34-16-28-21-14-19(4-5-22(21)34)29-23-6-8-25(32-31-23)38-12-11-37-2/h3-8,13-14,16,36H,9-12H2,1-2H3,(H,29,31). The van der Waals surface area contributed by atoms with Crippen molar-refractivity contribution >= 4 is 22.5 Å². The number of benzene rings is 1. The van der Waals surface area contributed by atoms with Gasteiger partial charge in [0.2, 0.25) is 5.88 Å². The topological polar surface area (TPSA) is 149 Å². The molecule has 5 aromatic rings. The Hall–Kier alpha value is -4.86. The lowest BCUT2D eigenvalue weighted by atomic mass is 10.2. The van der Waals surface area contributed by atoms with Gasteiger partial charge in [-0.15, -0.1) is 10.2 Å². The van der Waals surface area contributed by atoms with Crippen molar-refractivity contribution in [2.24, 2.45) is 0 Å². The van der Waals surface area contributed by atoms with Crippen molar-refractivity contribution in [1.29, 1.82) is 5.26 Å². The first-order chi connectivity index (χ1) is 18.6. The molecule has 12 nitrogen and oxygen atoms in total. The highest BCUT2D eigenvalue weighted by Gasteiger charge is 2.15. The number of aliphatic hydroxyl groups is 1. The molecule has 0 amide bonds. The maximum Gasteiger partial charge on any atom is 0.233 e. The number of pyridine rings is 1. The van der Waals surface area contributed by atoms with Gasteiger partial charge in [0.1, 0.15) is 24.8 Å². The van der Waals surface area contributed by atoms with Crippen LogP contribution in [-0.4, -0.2) is 66.5 Å². The Morgan fingerprint density at radius 3 is 2.71 bits per heavy atom. The molecular weight excluding hydrogens is 486 g/mol. The first-order valence-electron chi connectivity index (χ1n) is 11.9. The van der Waals surface area contributed by atoms with Crippen molar-refractivity contribution < 1.29 is 14.6 Å². The Kier molecular flexibility index (Phi) is 7.21. The molecule has 2 N–H and O–H groups in total. The lowest BCUT2D eigenvalue weighted by Gasteiger charge is -2.12. The van der Waals surface area contributed by atoms with Gasteiger partial charge in [0, 0.05) is 31.2 Å². The minimum absolute atomic E-state index is 0.0306. The molecule has 0 radical (unpaired) electrons. The maximum absolute atomic E-state index is 9.55. The van der Waals surface area contributed by atoms with Gasteiger partial charge in [0.05, 0.1) is 17.6 Å². The molecule has 38 heavy (non-hydrogen) atoms. The lowest BCUT2D eigenvalue weighted by Crippen LogP contribution is -2.10. The van der Waals surface area contributed by atoms with E-state index in [-0.39, 0.29) is 6.61 Å². The summed E-state index contributed by atoms with van der Waals surface area (Å²) in [6.45, 7) is 2.71. The van der Waals surface area contributed by atoms with Gasteiger partial charge in [-0.1, -0.05) is 6.07 Å². The second-order valence-corrected chi connectivity index (χ2v) is 8.36. The van der Waals surface area contributed by atoms with Crippen molar-refractivity contribution in [3.05, 3.63) is 71.8 Å². The number of aromatic nitrogens is 7. The number of methoxy groups -OCH3 is 1. The molecule has 0 unspecified atom stereocenters. The van der Waals surface area contributed by atoms with Crippen LogP contribution in [0, 0.1) is 18.3 Å². The highest BCUT2D eigenvalue weighted by molar-refractivity contribution is 5.82. The molecule has 0 bridgehead atoms. The summed E-state index contributed by atoms with van der Waals surface area (Å²) in [5.74, 6) is 2.19. The van der Waals surface area contributed by atoms with E-state index < -0.39 is 0 Å². The number of rotatable bonds is 10. The number of nitrogens with zero attached hydrogens (tertiary/aromatic N) is 8. The second-order valence-electron chi connectivity index (χ2n) is 8.36. The van der Waals surface area contributed by atoms with Crippen LogP contribution in [0.25, 0.3) is 22.7 Å². The SMILES string of the molecule is COCCOc1ccc(Nc2ccc3c(c2)ncn3-c2ccc(CCO)c(-n3nc(C#N)cc3C)n2)nn1. The quantitative estimate of drug-likeness (QED) is 0.268. The van der Waals surface area contributed by atoms with Crippen molar-refractivity contribution in [1.82, 2.24) is 34.5 Å². The fourth-order valence-corrected chi connectivity index (χ4v) is 3.96. The van der Waals surface area contributed by atoms with Crippen molar-refractivity contribution in [3.8, 4) is 23.6 Å². The van der Waals surface area contributed by atoms with Crippen LogP contribution in [0.15, 0.2) is 54.9 Å². The van der Waals surface area contributed by atoms with Crippen LogP contribution < -0.4 is 10.1 Å². The first kappa shape index (κ1) is 24.8. The minimum atomic E-state index is -0.0306. The molecular formula is C26H25N9O3. The van der Waals surface area contributed by atoms with E-state index in [0.717, 1.165) is 28.0 Å². The van der Waals surface area contributed by atoms with Gasteiger partial charge in [0.25, 0.3) is 0 Å². The summed E-state index contributed by atoms with van der Waals surface area (Å²) < 4.78 is 13.9. The predicted octanol–water partition coefficient (Wildman–Crippen LogP) is 2.88. The van der Waals surface area contributed by atoms with Gasteiger partial charge in [-0.3, -0.25) is 4.57 Å². The average molecular weight is 512 g/mol. The normalized spacial score (nSPS) is 11.0. The number of fused-ring (bicyclic) bond motifs is 1. The molecule has 1 aromatic carbocycles. The summed E-state index contributed by atoms with van der Waals surface area (Å²) in [4.78, 5) is 9.40. The van der Waals surface area contributed by atoms with Gasteiger partial charge >= 0.3 is 0 Å². The van der Waals surface area contributed by atoms with E-state index >= 15 is 0 Å². The molecule has 0 fully saturated rings. The number of ether oxygens (including phenoxy) is 2. The van der Waals surface area contributed by atoms with Gasteiger partial charge in [0.15, 0.2) is 17.3 Å². The molecule has 0 aliphatic carbocycles. The van der Waals surface area contributed by atoms with Crippen LogP contribution in [0.2, 0.25) is 0 Å². The molecule has 0 spiro atoms. The van der Waals surface area contributed by atoms with E-state index in [1.807, 2.05) is 41.8 Å². The Bertz CT molecular complexity index is 1600. The molecule has 0 saturated carbocycles. The first-order valence-corrected chi connectivity index (χ1v) is 11.9. The molecule has 4 heterocycles. The number of imidazole rings is 1. The Labute approximate surface area is 218 Å². The Balaban J connectivity index is 1.41. The summed E-state index contributed by atoms with van der Waals surface area (Å²) >= 11 is 0. The summed E-state index contributed by atoms with van der Waals surface area (Å²) in [6.07, 6.45) is 2.11.